The first-order chi connectivity index (χ1) is 15.6. The van der Waals surface area contributed by atoms with Crippen LogP contribution in [0, 0.1) is 5.82 Å². The molecule has 158 valence electrons. The predicted octanol–water partition coefficient (Wildman–Crippen LogP) is 3.52. The lowest BCUT2D eigenvalue weighted by Crippen LogP contribution is -2.22. The molecule has 1 N–H and O–H groups in total. The number of nitrogens with one attached hydrogen (secondary N) is 1. The average molecular weight is 428 g/mol. The Morgan fingerprint density at radius 3 is 2.81 bits per heavy atom. The molecule has 5 rings (SSSR count). The van der Waals surface area contributed by atoms with E-state index in [-0.39, 0.29) is 5.56 Å². The van der Waals surface area contributed by atoms with Gasteiger partial charge in [0, 0.05) is 17.1 Å². The molecule has 1 amide bonds. The van der Waals surface area contributed by atoms with E-state index in [1.807, 2.05) is 24.3 Å². The second-order valence-electron chi connectivity index (χ2n) is 7.15. The number of amides is 1. The van der Waals surface area contributed by atoms with Gasteiger partial charge < -0.3 is 0 Å². The highest BCUT2D eigenvalue weighted by Crippen LogP contribution is 2.23. The third kappa shape index (κ3) is 3.65. The lowest BCUT2D eigenvalue weighted by molar-refractivity contribution is 0.0533. The topological polar surface area (TPSA) is 94.8 Å². The number of aromatic nitrogens is 5. The van der Waals surface area contributed by atoms with E-state index in [2.05, 4.69) is 36.7 Å². The minimum absolute atomic E-state index is 0.116. The van der Waals surface area contributed by atoms with E-state index in [0.29, 0.717) is 29.0 Å². The summed E-state index contributed by atoms with van der Waals surface area (Å²) in [5, 5.41) is 9.45. The molecule has 8 nitrogen and oxygen atoms in total. The van der Waals surface area contributed by atoms with Gasteiger partial charge in [-0.15, -0.1) is 5.10 Å². The van der Waals surface area contributed by atoms with Gasteiger partial charge in [-0.1, -0.05) is 23.4 Å². The zero-order chi connectivity index (χ0) is 22.1. The van der Waals surface area contributed by atoms with Crippen molar-refractivity contribution in [2.45, 2.75) is 6.54 Å². The predicted molar refractivity (Wildman–Crippen MR) is 116 cm³/mol. The molecule has 2 aromatic carbocycles. The number of hydroxylamine groups is 1. The molecule has 5 aromatic rings. The van der Waals surface area contributed by atoms with Crippen LogP contribution in [-0.4, -0.2) is 38.0 Å². The molecule has 0 fully saturated rings. The summed E-state index contributed by atoms with van der Waals surface area (Å²) in [5.74, 6) is -1.33. The highest BCUT2D eigenvalue weighted by atomic mass is 19.1. The molecule has 0 radical (unpaired) electrons. The quantitative estimate of drug-likeness (QED) is 0.431. The largest absolute Gasteiger partial charge is 0.277 e. The molecule has 32 heavy (non-hydrogen) atoms. The van der Waals surface area contributed by atoms with Crippen LogP contribution in [0.2, 0.25) is 0 Å². The lowest BCUT2D eigenvalue weighted by Gasteiger charge is -2.07. The fourth-order valence-corrected chi connectivity index (χ4v) is 3.52. The molecular formula is C23H17FN6O2. The van der Waals surface area contributed by atoms with Gasteiger partial charge in [0.1, 0.15) is 11.3 Å². The minimum atomic E-state index is -0.671. The van der Waals surface area contributed by atoms with E-state index in [4.69, 9.17) is 0 Å². The smallest absolute Gasteiger partial charge is 0.277 e. The van der Waals surface area contributed by atoms with Gasteiger partial charge in [0.2, 0.25) is 0 Å². The number of benzene rings is 2. The third-order valence-corrected chi connectivity index (χ3v) is 5.06. The number of hydrogen-bond donors (Lipinski definition) is 1. The van der Waals surface area contributed by atoms with Crippen LogP contribution in [0.15, 0.2) is 66.9 Å². The second kappa shape index (κ2) is 8.12. The van der Waals surface area contributed by atoms with Crippen molar-refractivity contribution in [1.82, 2.24) is 30.4 Å². The van der Waals surface area contributed by atoms with Gasteiger partial charge in [0.15, 0.2) is 5.65 Å². The zero-order valence-corrected chi connectivity index (χ0v) is 17.0. The summed E-state index contributed by atoms with van der Waals surface area (Å²) in [4.78, 5) is 25.4. The van der Waals surface area contributed by atoms with Crippen LogP contribution in [0.5, 0.6) is 0 Å². The van der Waals surface area contributed by atoms with Crippen LogP contribution in [0.1, 0.15) is 15.9 Å². The summed E-state index contributed by atoms with van der Waals surface area (Å²) in [6.45, 7) is 0.474. The molecule has 0 aliphatic rings. The normalized spacial score (nSPS) is 11.2. The first-order valence-electron chi connectivity index (χ1n) is 9.79. The van der Waals surface area contributed by atoms with E-state index in [1.54, 1.807) is 29.1 Å². The minimum Gasteiger partial charge on any atom is -0.277 e. The highest BCUT2D eigenvalue weighted by molar-refractivity contribution is 5.94. The van der Waals surface area contributed by atoms with Crippen molar-refractivity contribution < 1.29 is 14.0 Å². The molecule has 0 bridgehead atoms. The molecule has 0 atom stereocenters. The van der Waals surface area contributed by atoms with Crippen molar-refractivity contribution in [2.24, 2.45) is 0 Å². The summed E-state index contributed by atoms with van der Waals surface area (Å²) >= 11 is 0. The number of halogens is 1. The SMILES string of the molecule is CONC(=O)c1ccc(-c2ccc3nnn(Cc4ccc5ncccc5c4)c3n2)cc1F. The molecule has 0 aliphatic heterocycles. The maximum Gasteiger partial charge on any atom is 0.277 e. The van der Waals surface area contributed by atoms with Crippen LogP contribution < -0.4 is 5.48 Å². The van der Waals surface area contributed by atoms with E-state index in [9.17, 15) is 9.18 Å². The Morgan fingerprint density at radius 2 is 1.97 bits per heavy atom. The van der Waals surface area contributed by atoms with E-state index >= 15 is 0 Å². The molecule has 3 heterocycles. The van der Waals surface area contributed by atoms with E-state index < -0.39 is 11.7 Å². The number of carbonyl (C=O) groups excluding carboxylic acids is 1. The van der Waals surface area contributed by atoms with Crippen molar-refractivity contribution in [2.75, 3.05) is 7.11 Å². The van der Waals surface area contributed by atoms with E-state index in [1.165, 1.54) is 19.2 Å². The first-order valence-corrected chi connectivity index (χ1v) is 9.79. The van der Waals surface area contributed by atoms with Crippen molar-refractivity contribution >= 4 is 28.0 Å². The Morgan fingerprint density at radius 1 is 1.09 bits per heavy atom. The van der Waals surface area contributed by atoms with Crippen molar-refractivity contribution in [3.05, 3.63) is 83.8 Å². The Bertz CT molecular complexity index is 1470. The first kappa shape index (κ1) is 19.7. The fourth-order valence-electron chi connectivity index (χ4n) is 3.52. The maximum atomic E-state index is 14.5. The fraction of sp³-hybridized carbons (Fsp3) is 0.0870. The van der Waals surface area contributed by atoms with Crippen LogP contribution >= 0.6 is 0 Å². The monoisotopic (exact) mass is 428 g/mol. The van der Waals surface area contributed by atoms with Crippen LogP contribution in [-0.2, 0) is 11.4 Å². The number of hydrogen-bond acceptors (Lipinski definition) is 6. The molecule has 0 saturated heterocycles. The van der Waals surface area contributed by atoms with Gasteiger partial charge in [-0.2, -0.15) is 0 Å². The molecular weight excluding hydrogens is 411 g/mol. The van der Waals surface area contributed by atoms with Gasteiger partial charge in [-0.3, -0.25) is 14.6 Å². The Balaban J connectivity index is 1.48. The number of fused-ring (bicyclic) bond motifs is 2. The summed E-state index contributed by atoms with van der Waals surface area (Å²) in [5.41, 5.74) is 6.23. The summed E-state index contributed by atoms with van der Waals surface area (Å²) in [7, 11) is 1.29. The van der Waals surface area contributed by atoms with Crippen molar-refractivity contribution in [3.8, 4) is 11.3 Å². The van der Waals surface area contributed by atoms with E-state index in [0.717, 1.165) is 16.5 Å². The van der Waals surface area contributed by atoms with Gasteiger partial charge in [-0.25, -0.2) is 19.5 Å². The summed E-state index contributed by atoms with van der Waals surface area (Å²) < 4.78 is 16.2. The lowest BCUT2D eigenvalue weighted by atomic mass is 10.1. The third-order valence-electron chi connectivity index (χ3n) is 5.06. The maximum absolute atomic E-state index is 14.5. The molecule has 0 spiro atoms. The number of pyridine rings is 2. The van der Waals surface area contributed by atoms with Crippen LogP contribution in [0.4, 0.5) is 4.39 Å². The van der Waals surface area contributed by atoms with Crippen LogP contribution in [0.25, 0.3) is 33.3 Å². The molecule has 9 heteroatoms. The van der Waals surface area contributed by atoms with Gasteiger partial charge in [0.25, 0.3) is 5.91 Å². The number of nitrogens with zero attached hydrogens (tertiary/aromatic N) is 5. The van der Waals surface area contributed by atoms with Crippen molar-refractivity contribution in [1.29, 1.82) is 0 Å². The standard InChI is InChI=1S/C23H17FN6O2/c1-32-28-23(31)17-6-5-16(12-18(17)24)20-8-9-21-22(26-20)30(29-27-21)13-14-4-7-19-15(11-14)3-2-10-25-19/h2-12H,13H2,1H3,(H,28,31). The van der Waals surface area contributed by atoms with Gasteiger partial charge >= 0.3 is 0 Å². The average Bonchev–Trinajstić information content (AvgIpc) is 3.21. The molecule has 0 aliphatic carbocycles. The zero-order valence-electron chi connectivity index (χ0n) is 17.0. The second-order valence-corrected chi connectivity index (χ2v) is 7.15. The Kier molecular flexibility index (Phi) is 5.00. The Labute approximate surface area is 181 Å². The molecule has 3 aromatic heterocycles. The van der Waals surface area contributed by atoms with Crippen molar-refractivity contribution in [3.63, 3.8) is 0 Å². The molecule has 0 unspecified atom stereocenters. The highest BCUT2D eigenvalue weighted by Gasteiger charge is 2.14. The van der Waals surface area contributed by atoms with Gasteiger partial charge in [-0.05, 0) is 48.0 Å². The Hall–Kier alpha value is -4.24. The summed E-state index contributed by atoms with van der Waals surface area (Å²) in [6, 6.07) is 17.7. The summed E-state index contributed by atoms with van der Waals surface area (Å²) in [6.07, 6.45) is 1.76. The van der Waals surface area contributed by atoms with Crippen LogP contribution in [0.3, 0.4) is 0 Å². The van der Waals surface area contributed by atoms with Gasteiger partial charge in [0.05, 0.1) is 30.4 Å². The number of carbonyl (C=O) groups is 1. The molecule has 0 saturated carbocycles. The number of rotatable bonds is 5.